The number of rotatable bonds is 6. The van der Waals surface area contributed by atoms with Gasteiger partial charge in [-0.15, -0.1) is 10.2 Å². The Labute approximate surface area is 156 Å². The maximum Gasteiger partial charge on any atom is 0.196 e. The van der Waals surface area contributed by atoms with Crippen LogP contribution >= 0.6 is 23.4 Å². The number of hydrogen-bond donors (Lipinski definition) is 0. The number of carbonyl (C=O) groups is 1. The molecule has 6 heteroatoms. The van der Waals surface area contributed by atoms with Crippen molar-refractivity contribution in [1.29, 1.82) is 0 Å². The highest BCUT2D eigenvalue weighted by molar-refractivity contribution is 7.99. The largest absolute Gasteiger partial charge is 0.293 e. The van der Waals surface area contributed by atoms with E-state index in [1.54, 1.807) is 6.33 Å². The van der Waals surface area contributed by atoms with Crippen LogP contribution in [0.15, 0.2) is 53.9 Å². The molecule has 0 atom stereocenters. The molecule has 0 aliphatic carbocycles. The Bertz CT molecular complexity index is 890. The Hall–Kier alpha value is -2.11. The highest BCUT2D eigenvalue weighted by Crippen LogP contribution is 2.24. The molecular weight excluding hydrogens is 354 g/mol. The molecule has 0 N–H and O–H groups in total. The number of thioether (sulfide) groups is 1. The van der Waals surface area contributed by atoms with Crippen LogP contribution in [0, 0.1) is 6.92 Å². The minimum Gasteiger partial charge on any atom is -0.293 e. The van der Waals surface area contributed by atoms with Gasteiger partial charge in [0.25, 0.3) is 0 Å². The summed E-state index contributed by atoms with van der Waals surface area (Å²) in [5.41, 5.74) is 3.83. The van der Waals surface area contributed by atoms with Crippen molar-refractivity contribution in [2.45, 2.75) is 25.4 Å². The number of benzene rings is 2. The molecule has 3 aromatic rings. The van der Waals surface area contributed by atoms with Gasteiger partial charge in [0.2, 0.25) is 0 Å². The summed E-state index contributed by atoms with van der Waals surface area (Å²) in [6.45, 7) is 4.05. The predicted octanol–water partition coefficient (Wildman–Crippen LogP) is 4.77. The molecule has 128 valence electrons. The van der Waals surface area contributed by atoms with Crippen molar-refractivity contribution in [3.05, 3.63) is 70.5 Å². The van der Waals surface area contributed by atoms with E-state index >= 15 is 0 Å². The zero-order valence-electron chi connectivity index (χ0n) is 14.1. The SMILES string of the molecule is CCc1ccc(C(=O)CSc2nncn2-c2ccc(C)c(Cl)c2)cc1. The lowest BCUT2D eigenvalue weighted by Gasteiger charge is -2.08. The fourth-order valence-corrected chi connectivity index (χ4v) is 3.37. The average Bonchev–Trinajstić information content (AvgIpc) is 3.10. The molecule has 4 nitrogen and oxygen atoms in total. The Morgan fingerprint density at radius 3 is 2.64 bits per heavy atom. The van der Waals surface area contributed by atoms with Gasteiger partial charge in [0.05, 0.1) is 11.4 Å². The van der Waals surface area contributed by atoms with E-state index in [4.69, 9.17) is 11.6 Å². The van der Waals surface area contributed by atoms with Crippen LogP contribution in [0.1, 0.15) is 28.4 Å². The minimum atomic E-state index is 0.0733. The quantitative estimate of drug-likeness (QED) is 0.462. The Morgan fingerprint density at radius 1 is 1.20 bits per heavy atom. The van der Waals surface area contributed by atoms with Crippen molar-refractivity contribution in [3.8, 4) is 5.69 Å². The lowest BCUT2D eigenvalue weighted by Crippen LogP contribution is -2.04. The van der Waals surface area contributed by atoms with Gasteiger partial charge in [-0.05, 0) is 36.6 Å². The molecule has 3 rings (SSSR count). The molecule has 25 heavy (non-hydrogen) atoms. The van der Waals surface area contributed by atoms with Crippen molar-refractivity contribution < 1.29 is 4.79 Å². The van der Waals surface area contributed by atoms with E-state index in [0.717, 1.165) is 17.7 Å². The van der Waals surface area contributed by atoms with E-state index in [9.17, 15) is 4.79 Å². The molecule has 0 fully saturated rings. The van der Waals surface area contributed by atoms with Gasteiger partial charge in [0, 0.05) is 10.6 Å². The smallest absolute Gasteiger partial charge is 0.196 e. The molecule has 1 aromatic heterocycles. The fraction of sp³-hybridized carbons (Fsp3) is 0.211. The summed E-state index contributed by atoms with van der Waals surface area (Å²) in [5.74, 6) is 0.383. The molecule has 0 aliphatic rings. The van der Waals surface area contributed by atoms with Crippen molar-refractivity contribution in [2.75, 3.05) is 5.75 Å². The topological polar surface area (TPSA) is 47.8 Å². The third kappa shape index (κ3) is 4.11. The number of halogens is 1. The van der Waals surface area contributed by atoms with Crippen LogP contribution < -0.4 is 0 Å². The summed E-state index contributed by atoms with van der Waals surface area (Å²) in [6.07, 6.45) is 2.59. The van der Waals surface area contributed by atoms with E-state index in [2.05, 4.69) is 17.1 Å². The van der Waals surface area contributed by atoms with Gasteiger partial charge < -0.3 is 0 Å². The van der Waals surface area contributed by atoms with E-state index in [1.807, 2.05) is 54.0 Å². The molecule has 0 saturated heterocycles. The lowest BCUT2D eigenvalue weighted by molar-refractivity contribution is 0.102. The summed E-state index contributed by atoms with van der Waals surface area (Å²) < 4.78 is 1.84. The monoisotopic (exact) mass is 371 g/mol. The summed E-state index contributed by atoms with van der Waals surface area (Å²) in [7, 11) is 0. The van der Waals surface area contributed by atoms with E-state index < -0.39 is 0 Å². The van der Waals surface area contributed by atoms with Gasteiger partial charge in [-0.25, -0.2) is 0 Å². The number of hydrogen-bond acceptors (Lipinski definition) is 4. The Kier molecular flexibility index (Phi) is 5.56. The molecule has 2 aromatic carbocycles. The Morgan fingerprint density at radius 2 is 1.96 bits per heavy atom. The lowest BCUT2D eigenvalue weighted by atomic mass is 10.1. The van der Waals surface area contributed by atoms with E-state index in [1.165, 1.54) is 17.3 Å². The van der Waals surface area contributed by atoms with Crippen LogP contribution in [-0.2, 0) is 6.42 Å². The standard InChI is InChI=1S/C19H18ClN3OS/c1-3-14-5-7-15(8-6-14)18(24)11-25-19-22-21-12-23(19)16-9-4-13(2)17(20)10-16/h4-10,12H,3,11H2,1-2H3. The number of carbonyl (C=O) groups excluding carboxylic acids is 1. The van der Waals surface area contributed by atoms with Gasteiger partial charge in [0.15, 0.2) is 10.9 Å². The summed E-state index contributed by atoms with van der Waals surface area (Å²) >= 11 is 7.57. The first kappa shape index (κ1) is 17.7. The number of ketones is 1. The van der Waals surface area contributed by atoms with Gasteiger partial charge in [0.1, 0.15) is 6.33 Å². The summed E-state index contributed by atoms with van der Waals surface area (Å²) in [4.78, 5) is 12.4. The summed E-state index contributed by atoms with van der Waals surface area (Å²) in [6, 6.07) is 13.5. The molecule has 1 heterocycles. The second-order valence-corrected chi connectivity index (χ2v) is 7.03. The summed E-state index contributed by atoms with van der Waals surface area (Å²) in [5, 5.41) is 9.43. The normalized spacial score (nSPS) is 10.8. The van der Waals surface area contributed by atoms with Crippen LogP contribution in [0.3, 0.4) is 0 Å². The molecule has 0 radical (unpaired) electrons. The Balaban J connectivity index is 1.72. The molecule has 0 unspecified atom stereocenters. The molecule has 0 saturated carbocycles. The molecule has 0 aliphatic heterocycles. The molecule has 0 amide bonds. The number of Topliss-reactive ketones (excluding diaryl/α,β-unsaturated/α-hetero) is 1. The first-order valence-corrected chi connectivity index (χ1v) is 9.36. The van der Waals surface area contributed by atoms with Crippen LogP contribution in [0.2, 0.25) is 5.02 Å². The minimum absolute atomic E-state index is 0.0733. The van der Waals surface area contributed by atoms with Crippen LogP contribution in [0.5, 0.6) is 0 Å². The van der Waals surface area contributed by atoms with Crippen molar-refractivity contribution >= 4 is 29.1 Å². The number of aromatic nitrogens is 3. The molecule has 0 spiro atoms. The van der Waals surface area contributed by atoms with Gasteiger partial charge in [-0.1, -0.05) is 60.6 Å². The highest BCUT2D eigenvalue weighted by atomic mass is 35.5. The average molecular weight is 372 g/mol. The third-order valence-electron chi connectivity index (χ3n) is 3.97. The zero-order valence-corrected chi connectivity index (χ0v) is 15.6. The second kappa shape index (κ2) is 7.85. The number of nitrogens with zero attached hydrogens (tertiary/aromatic N) is 3. The zero-order chi connectivity index (χ0) is 17.8. The number of aryl methyl sites for hydroxylation is 2. The third-order valence-corrected chi connectivity index (χ3v) is 5.32. The van der Waals surface area contributed by atoms with Crippen LogP contribution in [0.4, 0.5) is 0 Å². The van der Waals surface area contributed by atoms with Crippen molar-refractivity contribution in [2.24, 2.45) is 0 Å². The van der Waals surface area contributed by atoms with Gasteiger partial charge in [-0.3, -0.25) is 9.36 Å². The van der Waals surface area contributed by atoms with Crippen molar-refractivity contribution in [3.63, 3.8) is 0 Å². The first-order valence-electron chi connectivity index (χ1n) is 8.00. The first-order chi connectivity index (χ1) is 12.1. The van der Waals surface area contributed by atoms with E-state index in [0.29, 0.717) is 21.5 Å². The molecule has 0 bridgehead atoms. The highest BCUT2D eigenvalue weighted by Gasteiger charge is 2.12. The van der Waals surface area contributed by atoms with Crippen LogP contribution in [0.25, 0.3) is 5.69 Å². The second-order valence-electron chi connectivity index (χ2n) is 5.68. The maximum atomic E-state index is 12.4. The van der Waals surface area contributed by atoms with Gasteiger partial charge in [-0.2, -0.15) is 0 Å². The van der Waals surface area contributed by atoms with Gasteiger partial charge >= 0.3 is 0 Å². The fourth-order valence-electron chi connectivity index (χ4n) is 2.37. The van der Waals surface area contributed by atoms with Crippen LogP contribution in [-0.4, -0.2) is 26.3 Å². The van der Waals surface area contributed by atoms with Crippen molar-refractivity contribution in [1.82, 2.24) is 14.8 Å². The predicted molar refractivity (Wildman–Crippen MR) is 102 cm³/mol. The maximum absolute atomic E-state index is 12.4. The molecular formula is C19H18ClN3OS. The van der Waals surface area contributed by atoms with E-state index in [-0.39, 0.29) is 5.78 Å².